The summed E-state index contributed by atoms with van der Waals surface area (Å²) in [5.41, 5.74) is 3.65. The molecule has 2 N–H and O–H groups in total. The Morgan fingerprint density at radius 1 is 1.46 bits per heavy atom. The van der Waals surface area contributed by atoms with Crippen molar-refractivity contribution in [1.29, 1.82) is 0 Å². The number of hydrogen-bond acceptors (Lipinski definition) is 2. The summed E-state index contributed by atoms with van der Waals surface area (Å²) >= 11 is 0. The molecule has 2 unspecified atom stereocenters. The molecule has 70 valence electrons. The van der Waals surface area contributed by atoms with Crippen LogP contribution >= 0.6 is 0 Å². The van der Waals surface area contributed by atoms with Crippen molar-refractivity contribution >= 4 is 5.69 Å². The molecule has 2 nitrogen and oxygen atoms in total. The van der Waals surface area contributed by atoms with Crippen LogP contribution in [-0.4, -0.2) is 17.3 Å². The molecule has 0 aromatic heterocycles. The third-order valence-electron chi connectivity index (χ3n) is 2.65. The van der Waals surface area contributed by atoms with Crippen molar-refractivity contribution in [2.45, 2.75) is 32.4 Å². The lowest BCUT2D eigenvalue weighted by Crippen LogP contribution is -2.36. The van der Waals surface area contributed by atoms with Gasteiger partial charge in [0.05, 0.1) is 6.10 Å². The molecule has 2 atom stereocenters. The van der Waals surface area contributed by atoms with Crippen LogP contribution in [0.2, 0.25) is 0 Å². The summed E-state index contributed by atoms with van der Waals surface area (Å²) in [5.74, 6) is 0. The van der Waals surface area contributed by atoms with Crippen molar-refractivity contribution in [3.8, 4) is 0 Å². The normalized spacial score (nSPS) is 26.4. The SMILES string of the molecule is Cc1ccc2c(c1)CC(O)C(C)N2. The molecule has 0 saturated heterocycles. The van der Waals surface area contributed by atoms with Crippen LogP contribution < -0.4 is 5.32 Å². The Labute approximate surface area is 78.6 Å². The van der Waals surface area contributed by atoms with Gasteiger partial charge in [0.2, 0.25) is 0 Å². The maximum Gasteiger partial charge on any atom is 0.0779 e. The first-order chi connectivity index (χ1) is 6.16. The Kier molecular flexibility index (Phi) is 2.00. The predicted molar refractivity (Wildman–Crippen MR) is 54.0 cm³/mol. The average molecular weight is 177 g/mol. The minimum atomic E-state index is -0.255. The van der Waals surface area contributed by atoms with Gasteiger partial charge in [-0.3, -0.25) is 0 Å². The molecular formula is C11H15NO. The highest BCUT2D eigenvalue weighted by molar-refractivity contribution is 5.55. The van der Waals surface area contributed by atoms with Gasteiger partial charge in [-0.1, -0.05) is 17.7 Å². The Morgan fingerprint density at radius 3 is 3.00 bits per heavy atom. The summed E-state index contributed by atoms with van der Waals surface area (Å²) in [6.45, 7) is 4.08. The van der Waals surface area contributed by atoms with Crippen LogP contribution in [0.5, 0.6) is 0 Å². The number of aliphatic hydroxyl groups is 1. The van der Waals surface area contributed by atoms with Gasteiger partial charge in [-0.15, -0.1) is 0 Å². The summed E-state index contributed by atoms with van der Waals surface area (Å²) < 4.78 is 0. The zero-order valence-electron chi connectivity index (χ0n) is 8.04. The largest absolute Gasteiger partial charge is 0.391 e. The summed E-state index contributed by atoms with van der Waals surface area (Å²) in [6, 6.07) is 6.48. The fraction of sp³-hybridized carbons (Fsp3) is 0.455. The second kappa shape index (κ2) is 3.04. The molecule has 1 heterocycles. The summed E-state index contributed by atoms with van der Waals surface area (Å²) in [5, 5.41) is 12.9. The zero-order chi connectivity index (χ0) is 9.42. The molecule has 1 aromatic rings. The molecule has 0 fully saturated rings. The smallest absolute Gasteiger partial charge is 0.0779 e. The van der Waals surface area contributed by atoms with Gasteiger partial charge in [0.15, 0.2) is 0 Å². The van der Waals surface area contributed by atoms with Gasteiger partial charge >= 0.3 is 0 Å². The van der Waals surface area contributed by atoms with Crippen LogP contribution in [0.3, 0.4) is 0 Å². The Balaban J connectivity index is 2.37. The van der Waals surface area contributed by atoms with E-state index in [1.165, 1.54) is 16.8 Å². The maximum atomic E-state index is 9.65. The number of rotatable bonds is 0. The summed E-state index contributed by atoms with van der Waals surface area (Å²) in [6.07, 6.45) is 0.514. The lowest BCUT2D eigenvalue weighted by atomic mass is 9.95. The van der Waals surface area contributed by atoms with Crippen molar-refractivity contribution in [3.05, 3.63) is 29.3 Å². The van der Waals surface area contributed by atoms with Gasteiger partial charge in [-0.05, 0) is 25.5 Å². The van der Waals surface area contributed by atoms with Gasteiger partial charge in [0.25, 0.3) is 0 Å². The van der Waals surface area contributed by atoms with Crippen molar-refractivity contribution in [2.24, 2.45) is 0 Å². The molecule has 0 aliphatic carbocycles. The second-order valence-electron chi connectivity index (χ2n) is 3.87. The van der Waals surface area contributed by atoms with Gasteiger partial charge < -0.3 is 10.4 Å². The lowest BCUT2D eigenvalue weighted by Gasteiger charge is -2.29. The number of anilines is 1. The standard InChI is InChI=1S/C11H15NO/c1-7-3-4-10-9(5-7)6-11(13)8(2)12-10/h3-5,8,11-13H,6H2,1-2H3. The number of aliphatic hydroxyl groups excluding tert-OH is 1. The monoisotopic (exact) mass is 177 g/mol. The van der Waals surface area contributed by atoms with Crippen LogP contribution in [-0.2, 0) is 6.42 Å². The van der Waals surface area contributed by atoms with Crippen molar-refractivity contribution in [2.75, 3.05) is 5.32 Å². The molecule has 0 saturated carbocycles. The number of nitrogens with one attached hydrogen (secondary N) is 1. The molecule has 0 bridgehead atoms. The lowest BCUT2D eigenvalue weighted by molar-refractivity contribution is 0.154. The van der Waals surface area contributed by atoms with Gasteiger partial charge in [-0.25, -0.2) is 0 Å². The molecule has 2 rings (SSSR count). The van der Waals surface area contributed by atoms with E-state index >= 15 is 0 Å². The van der Waals surface area contributed by atoms with Crippen molar-refractivity contribution < 1.29 is 5.11 Å². The molecule has 1 aliphatic heterocycles. The van der Waals surface area contributed by atoms with Crippen LogP contribution in [0.4, 0.5) is 5.69 Å². The third-order valence-corrected chi connectivity index (χ3v) is 2.65. The molecule has 1 aromatic carbocycles. The molecule has 13 heavy (non-hydrogen) atoms. The first-order valence-corrected chi connectivity index (χ1v) is 4.71. The topological polar surface area (TPSA) is 32.3 Å². The van der Waals surface area contributed by atoms with E-state index in [1.54, 1.807) is 0 Å². The quantitative estimate of drug-likeness (QED) is 0.632. The highest BCUT2D eigenvalue weighted by atomic mass is 16.3. The fourth-order valence-corrected chi connectivity index (χ4v) is 1.78. The Bertz CT molecular complexity index is 322. The van der Waals surface area contributed by atoms with E-state index in [9.17, 15) is 5.11 Å². The van der Waals surface area contributed by atoms with Crippen LogP contribution in [0, 0.1) is 6.92 Å². The molecule has 1 aliphatic rings. The predicted octanol–water partition coefficient (Wildman–Crippen LogP) is 1.71. The van der Waals surface area contributed by atoms with Crippen molar-refractivity contribution in [3.63, 3.8) is 0 Å². The fourth-order valence-electron chi connectivity index (χ4n) is 1.78. The maximum absolute atomic E-state index is 9.65. The number of aryl methyl sites for hydroxylation is 1. The van der Waals surface area contributed by atoms with Gasteiger partial charge in [0.1, 0.15) is 0 Å². The van der Waals surface area contributed by atoms with Gasteiger partial charge in [0, 0.05) is 18.2 Å². The van der Waals surface area contributed by atoms with E-state index in [4.69, 9.17) is 0 Å². The average Bonchev–Trinajstić information content (AvgIpc) is 2.08. The van der Waals surface area contributed by atoms with Crippen LogP contribution in [0.25, 0.3) is 0 Å². The minimum absolute atomic E-state index is 0.162. The van der Waals surface area contributed by atoms with E-state index in [2.05, 4.69) is 30.4 Å². The van der Waals surface area contributed by atoms with E-state index in [1.807, 2.05) is 6.92 Å². The molecule has 2 heteroatoms. The minimum Gasteiger partial charge on any atom is -0.391 e. The zero-order valence-corrected chi connectivity index (χ0v) is 8.04. The molecular weight excluding hydrogens is 162 g/mol. The molecule has 0 radical (unpaired) electrons. The van der Waals surface area contributed by atoms with E-state index in [-0.39, 0.29) is 12.1 Å². The van der Waals surface area contributed by atoms with Crippen molar-refractivity contribution in [1.82, 2.24) is 0 Å². The van der Waals surface area contributed by atoms with E-state index < -0.39 is 0 Å². The molecule has 0 spiro atoms. The number of fused-ring (bicyclic) bond motifs is 1. The van der Waals surface area contributed by atoms with Gasteiger partial charge in [-0.2, -0.15) is 0 Å². The highest BCUT2D eigenvalue weighted by Gasteiger charge is 2.22. The number of hydrogen-bond donors (Lipinski definition) is 2. The number of benzene rings is 1. The summed E-state index contributed by atoms with van der Waals surface area (Å²) in [7, 11) is 0. The first-order valence-electron chi connectivity index (χ1n) is 4.71. The first kappa shape index (κ1) is 8.57. The highest BCUT2D eigenvalue weighted by Crippen LogP contribution is 2.25. The third kappa shape index (κ3) is 1.54. The Morgan fingerprint density at radius 2 is 2.23 bits per heavy atom. The van der Waals surface area contributed by atoms with E-state index in [0.29, 0.717) is 0 Å². The Hall–Kier alpha value is -1.02. The molecule has 0 amide bonds. The summed E-state index contributed by atoms with van der Waals surface area (Å²) in [4.78, 5) is 0. The van der Waals surface area contributed by atoms with Crippen LogP contribution in [0.15, 0.2) is 18.2 Å². The van der Waals surface area contributed by atoms with E-state index in [0.717, 1.165) is 6.42 Å². The second-order valence-corrected chi connectivity index (χ2v) is 3.87. The van der Waals surface area contributed by atoms with Crippen LogP contribution in [0.1, 0.15) is 18.1 Å².